The molecule has 18 heteroatoms. The summed E-state index contributed by atoms with van der Waals surface area (Å²) in [7, 11) is 0. The summed E-state index contributed by atoms with van der Waals surface area (Å²) in [6.07, 6.45) is 5.63. The third-order valence-corrected chi connectivity index (χ3v) is 13.8. The molecule has 8 rings (SSSR count). The zero-order valence-corrected chi connectivity index (χ0v) is 37.4. The lowest BCUT2D eigenvalue weighted by Gasteiger charge is -2.44. The molecule has 4 aliphatic heterocycles. The van der Waals surface area contributed by atoms with Gasteiger partial charge in [-0.1, -0.05) is 13.0 Å². The molecule has 0 spiro atoms. The first-order valence-corrected chi connectivity index (χ1v) is 22.2. The number of nitrogens with zero attached hydrogens (tertiary/aromatic N) is 7. The molecule has 1 atom stereocenters. The Balaban J connectivity index is 0.811. The highest BCUT2D eigenvalue weighted by molar-refractivity contribution is 14.1. The quantitative estimate of drug-likeness (QED) is 0.0994. The number of alkyl halides is 3. The van der Waals surface area contributed by atoms with E-state index in [0.717, 1.165) is 96.8 Å². The van der Waals surface area contributed by atoms with Crippen molar-refractivity contribution < 1.29 is 37.5 Å². The van der Waals surface area contributed by atoms with Gasteiger partial charge in [0.05, 0.1) is 34.0 Å². The van der Waals surface area contributed by atoms with Crippen molar-refractivity contribution in [3.05, 3.63) is 82.5 Å². The van der Waals surface area contributed by atoms with Gasteiger partial charge in [0.2, 0.25) is 11.8 Å². The number of rotatable bonds is 12. The number of aromatic nitrogens is 1. The minimum absolute atomic E-state index is 0.0277. The Labute approximate surface area is 376 Å². The molecule has 5 heterocycles. The van der Waals surface area contributed by atoms with Crippen LogP contribution < -0.4 is 19.9 Å². The van der Waals surface area contributed by atoms with E-state index in [0.29, 0.717) is 17.7 Å². The molecule has 5 amide bonds. The van der Waals surface area contributed by atoms with E-state index in [1.165, 1.54) is 17.0 Å². The van der Waals surface area contributed by atoms with E-state index < -0.39 is 44.7 Å². The number of benzene rings is 2. The maximum Gasteiger partial charge on any atom is 0.322 e. The zero-order valence-electron chi connectivity index (χ0n) is 34.4. The number of nitriles is 1. The van der Waals surface area contributed by atoms with Crippen LogP contribution in [0.15, 0.2) is 54.7 Å². The molecule has 0 radical (unpaired) electrons. The molecule has 4 fully saturated rings. The second-order valence-corrected chi connectivity index (χ2v) is 18.7. The van der Waals surface area contributed by atoms with E-state index in [9.17, 15) is 38.0 Å². The number of carbonyl (C=O) groups excluding carboxylic acids is 5. The number of halogens is 3. The molecule has 62 heavy (non-hydrogen) atoms. The van der Waals surface area contributed by atoms with Crippen LogP contribution in [0.1, 0.15) is 96.7 Å². The van der Waals surface area contributed by atoms with E-state index in [1.807, 2.05) is 12.1 Å². The molecular weight excluding hydrogens is 934 g/mol. The largest absolute Gasteiger partial charge is 0.490 e. The van der Waals surface area contributed by atoms with Gasteiger partial charge in [0.1, 0.15) is 29.3 Å². The van der Waals surface area contributed by atoms with E-state index >= 15 is 0 Å². The molecule has 5 aliphatic rings. The van der Waals surface area contributed by atoms with Crippen molar-refractivity contribution in [1.82, 2.24) is 25.0 Å². The van der Waals surface area contributed by atoms with Gasteiger partial charge >= 0.3 is 3.93 Å². The molecule has 0 bridgehead atoms. The molecule has 14 nitrogen and oxygen atoms in total. The number of thiocarbonyl (C=S) groups is 1. The van der Waals surface area contributed by atoms with Crippen LogP contribution in [-0.2, 0) is 24.9 Å². The highest BCUT2D eigenvalue weighted by Gasteiger charge is 2.50. The minimum Gasteiger partial charge on any atom is -0.490 e. The lowest BCUT2D eigenvalue weighted by atomic mass is 9.86. The van der Waals surface area contributed by atoms with Gasteiger partial charge in [-0.15, -0.1) is 0 Å². The molecule has 324 valence electrons. The Hall–Kier alpha value is -5.13. The van der Waals surface area contributed by atoms with Gasteiger partial charge in [0.15, 0.2) is 5.11 Å². The van der Waals surface area contributed by atoms with Crippen molar-refractivity contribution in [3.8, 4) is 11.8 Å². The SMILES string of the molecule is CCN(CC1CCN(c2ccc(CN3C(=S)N(c4ccc(C#N)c(C(F)(F)I)c4)C(=O)C3(C)C)cn2)CC1)[C@H]1C[C@H](Oc2ccc3c(c2)C(=O)N(C2CCC(=O)NC2=O)C3=O)C1. The highest BCUT2D eigenvalue weighted by Crippen LogP contribution is 2.41. The summed E-state index contributed by atoms with van der Waals surface area (Å²) in [6, 6.07) is 13.9. The van der Waals surface area contributed by atoms with E-state index in [-0.39, 0.29) is 58.9 Å². The smallest absolute Gasteiger partial charge is 0.322 e. The molecule has 2 aromatic carbocycles. The topological polar surface area (TPSA) is 159 Å². The normalized spacial score (nSPS) is 22.9. The molecule has 1 unspecified atom stereocenters. The van der Waals surface area contributed by atoms with Gasteiger partial charge in [-0.3, -0.25) is 39.1 Å². The van der Waals surface area contributed by atoms with Gasteiger partial charge in [-0.2, -0.15) is 14.0 Å². The summed E-state index contributed by atoms with van der Waals surface area (Å²) in [4.78, 5) is 77.6. The van der Waals surface area contributed by atoms with E-state index in [1.54, 1.807) is 49.2 Å². The average Bonchev–Trinajstić information content (AvgIpc) is 3.57. The van der Waals surface area contributed by atoms with Crippen LogP contribution in [0.4, 0.5) is 20.3 Å². The third-order valence-electron chi connectivity index (χ3n) is 12.8. The van der Waals surface area contributed by atoms with Crippen molar-refractivity contribution in [2.24, 2.45) is 5.92 Å². The molecule has 1 saturated carbocycles. The van der Waals surface area contributed by atoms with Crippen molar-refractivity contribution in [1.29, 1.82) is 5.26 Å². The number of ether oxygens (including phenoxy) is 1. The number of nitrogens with one attached hydrogen (secondary N) is 1. The summed E-state index contributed by atoms with van der Waals surface area (Å²) in [5.41, 5.74) is -0.264. The van der Waals surface area contributed by atoms with Crippen LogP contribution in [-0.4, -0.2) is 104 Å². The molecule has 3 saturated heterocycles. The zero-order chi connectivity index (χ0) is 44.2. The summed E-state index contributed by atoms with van der Waals surface area (Å²) < 4.78 is 31.7. The monoisotopic (exact) mass is 978 g/mol. The van der Waals surface area contributed by atoms with Gasteiger partial charge < -0.3 is 19.4 Å². The number of hydrogen-bond acceptors (Lipinski definition) is 11. The average molecular weight is 979 g/mol. The minimum atomic E-state index is -3.31. The summed E-state index contributed by atoms with van der Waals surface area (Å²) in [5.74, 6) is -0.625. The second-order valence-electron chi connectivity index (χ2n) is 17.0. The predicted octanol–water partition coefficient (Wildman–Crippen LogP) is 5.90. The standard InChI is InChI=1S/C44H45F2IN8O6S/c1-4-51(29-17-31(18-29)61-30-8-9-32-33(20-30)40(59)55(39(32)58)35-10-12-37(56)50-38(35)57)23-25-13-15-52(16-14-25)36-11-5-26(22-49-36)24-53-42(62)54(41(60)43(53,2)3)28-7-6-27(21-48)34(19-28)44(45,46)47/h5-9,11,19-20,22,25,29,31,35H,4,10,12-18,23-24H2,1-3H3,(H,50,56,57)/t29-,31-,35?. The first kappa shape index (κ1) is 43.5. The number of pyridine rings is 1. The molecule has 3 aromatic rings. The lowest BCUT2D eigenvalue weighted by molar-refractivity contribution is -0.136. The fourth-order valence-corrected chi connectivity index (χ4v) is 10.0. The Morgan fingerprint density at radius 3 is 2.39 bits per heavy atom. The maximum absolute atomic E-state index is 14.4. The Kier molecular flexibility index (Phi) is 11.8. The summed E-state index contributed by atoms with van der Waals surface area (Å²) in [6.45, 7) is 9.56. The molecule has 1 aromatic heterocycles. The molecular formula is C44H45F2IN8O6S. The van der Waals surface area contributed by atoms with Crippen molar-refractivity contribution in [2.45, 2.75) is 93.5 Å². The van der Waals surface area contributed by atoms with Gasteiger partial charge in [-0.25, -0.2) is 4.98 Å². The van der Waals surface area contributed by atoms with Crippen LogP contribution in [0.25, 0.3) is 0 Å². The van der Waals surface area contributed by atoms with E-state index in [2.05, 4.69) is 22.0 Å². The number of imide groups is 2. The number of carbonyl (C=O) groups is 5. The summed E-state index contributed by atoms with van der Waals surface area (Å²) >= 11 is 6.73. The van der Waals surface area contributed by atoms with Crippen molar-refractivity contribution >= 4 is 81.0 Å². The number of piperidine rings is 2. The maximum atomic E-state index is 14.4. The van der Waals surface area contributed by atoms with Gasteiger partial charge in [0.25, 0.3) is 17.7 Å². The number of fused-ring (bicyclic) bond motifs is 1. The summed E-state index contributed by atoms with van der Waals surface area (Å²) in [5, 5.41) is 11.8. The molecule has 1 N–H and O–H groups in total. The number of amides is 5. The Bertz CT molecular complexity index is 2390. The van der Waals surface area contributed by atoms with Crippen LogP contribution in [0.5, 0.6) is 5.75 Å². The van der Waals surface area contributed by atoms with Gasteiger partial charge in [-0.05, 0) is 106 Å². The first-order valence-electron chi connectivity index (χ1n) is 20.7. The fraction of sp³-hybridized carbons (Fsp3) is 0.455. The van der Waals surface area contributed by atoms with Crippen LogP contribution in [0, 0.1) is 17.2 Å². The third kappa shape index (κ3) is 8.14. The van der Waals surface area contributed by atoms with Gasteiger partial charge in [0, 0.05) is 80.3 Å². The number of hydrogen-bond donors (Lipinski definition) is 1. The van der Waals surface area contributed by atoms with Crippen molar-refractivity contribution in [2.75, 3.05) is 36.0 Å². The van der Waals surface area contributed by atoms with E-state index in [4.69, 9.17) is 21.9 Å². The van der Waals surface area contributed by atoms with Crippen LogP contribution in [0.2, 0.25) is 0 Å². The van der Waals surface area contributed by atoms with Crippen LogP contribution in [0.3, 0.4) is 0 Å². The first-order chi connectivity index (χ1) is 29.5. The Morgan fingerprint density at radius 2 is 1.74 bits per heavy atom. The highest BCUT2D eigenvalue weighted by atomic mass is 127. The lowest BCUT2D eigenvalue weighted by Crippen LogP contribution is -2.54. The number of anilines is 2. The molecule has 1 aliphatic carbocycles. The van der Waals surface area contributed by atoms with Crippen molar-refractivity contribution in [3.63, 3.8) is 0 Å². The second kappa shape index (κ2) is 16.9. The fourth-order valence-electron chi connectivity index (χ4n) is 9.07. The predicted molar refractivity (Wildman–Crippen MR) is 236 cm³/mol. The Morgan fingerprint density at radius 1 is 1.02 bits per heavy atom. The van der Waals surface area contributed by atoms with Crippen LogP contribution >= 0.6 is 34.8 Å².